The lowest BCUT2D eigenvalue weighted by Crippen LogP contribution is -2.29. The van der Waals surface area contributed by atoms with Crippen LogP contribution >= 0.6 is 0 Å². The van der Waals surface area contributed by atoms with Crippen LogP contribution in [0.25, 0.3) is 0 Å². The van der Waals surface area contributed by atoms with Crippen LogP contribution in [0.15, 0.2) is 35.8 Å². The van der Waals surface area contributed by atoms with Crippen LogP contribution in [-0.2, 0) is 9.53 Å². The van der Waals surface area contributed by atoms with Crippen molar-refractivity contribution < 1.29 is 18.7 Å². The van der Waals surface area contributed by atoms with Gasteiger partial charge in [0, 0.05) is 12.2 Å². The summed E-state index contributed by atoms with van der Waals surface area (Å²) >= 11 is 0. The molecule has 0 amide bonds. The van der Waals surface area contributed by atoms with Crippen LogP contribution < -0.4 is 9.64 Å². The van der Waals surface area contributed by atoms with Gasteiger partial charge in [0.1, 0.15) is 11.6 Å². The summed E-state index contributed by atoms with van der Waals surface area (Å²) in [4.78, 5) is 13.7. The molecule has 0 saturated heterocycles. The van der Waals surface area contributed by atoms with Crippen LogP contribution in [0.3, 0.4) is 0 Å². The second-order valence-corrected chi connectivity index (χ2v) is 4.27. The molecule has 1 aromatic carbocycles. The number of rotatable bonds is 7. The van der Waals surface area contributed by atoms with Gasteiger partial charge in [0.15, 0.2) is 5.70 Å². The Kier molecular flexibility index (Phi) is 6.72. The molecular weight excluding hydrogens is 273 g/mol. The zero-order valence-corrected chi connectivity index (χ0v) is 13.0. The van der Waals surface area contributed by atoms with Gasteiger partial charge in [0.2, 0.25) is 0 Å². The normalized spacial score (nSPS) is 11.7. The number of ether oxygens (including phenoxy) is 2. The van der Waals surface area contributed by atoms with Gasteiger partial charge in [-0.25, -0.2) is 9.18 Å². The minimum Gasteiger partial charge on any atom is -0.497 e. The highest BCUT2D eigenvalue weighted by Crippen LogP contribution is 2.26. The van der Waals surface area contributed by atoms with Gasteiger partial charge in [-0.2, -0.15) is 0 Å². The Balaban J connectivity index is 3.20. The Hall–Kier alpha value is -2.04. The predicted octanol–water partition coefficient (Wildman–Crippen LogP) is 3.68. The van der Waals surface area contributed by atoms with E-state index in [9.17, 15) is 9.18 Å². The summed E-state index contributed by atoms with van der Waals surface area (Å²) in [7, 11) is 1.58. The molecule has 116 valence electrons. The van der Waals surface area contributed by atoms with E-state index >= 15 is 0 Å². The van der Waals surface area contributed by atoms with E-state index in [1.54, 1.807) is 50.1 Å². The second-order valence-electron chi connectivity index (χ2n) is 4.27. The van der Waals surface area contributed by atoms with E-state index < -0.39 is 11.8 Å². The van der Waals surface area contributed by atoms with E-state index in [1.807, 2.05) is 6.92 Å². The zero-order chi connectivity index (χ0) is 15.8. The summed E-state index contributed by atoms with van der Waals surface area (Å²) < 4.78 is 24.2. The number of benzene rings is 1. The van der Waals surface area contributed by atoms with Crippen molar-refractivity contribution in [2.24, 2.45) is 0 Å². The number of anilines is 1. The molecule has 0 fully saturated rings. The summed E-state index contributed by atoms with van der Waals surface area (Å²) in [6, 6.07) is 7.10. The molecule has 0 aromatic heterocycles. The largest absolute Gasteiger partial charge is 0.497 e. The maximum atomic E-state index is 14.2. The second kappa shape index (κ2) is 8.29. The molecule has 0 aliphatic rings. The third-order valence-corrected chi connectivity index (χ3v) is 3.01. The standard InChI is InChI=1S/C16H22FNO3/c1-5-14(17)15(16(19)21-7-3)18(6-2)12-8-10-13(20-4)11-9-12/h8-11H,5-7H2,1-4H3/b15-14-. The van der Waals surface area contributed by atoms with E-state index in [0.29, 0.717) is 18.0 Å². The Labute approximate surface area is 125 Å². The first-order valence-electron chi connectivity index (χ1n) is 7.06. The molecule has 0 aliphatic carbocycles. The quantitative estimate of drug-likeness (QED) is 0.568. The van der Waals surface area contributed by atoms with Gasteiger partial charge in [-0.05, 0) is 44.5 Å². The molecule has 21 heavy (non-hydrogen) atoms. The third kappa shape index (κ3) is 4.21. The van der Waals surface area contributed by atoms with E-state index in [4.69, 9.17) is 9.47 Å². The van der Waals surface area contributed by atoms with E-state index in [-0.39, 0.29) is 18.7 Å². The molecule has 0 N–H and O–H groups in total. The molecule has 0 bridgehead atoms. The molecule has 4 nitrogen and oxygen atoms in total. The van der Waals surface area contributed by atoms with Crippen molar-refractivity contribution in [2.45, 2.75) is 27.2 Å². The lowest BCUT2D eigenvalue weighted by Gasteiger charge is -2.25. The van der Waals surface area contributed by atoms with Crippen LogP contribution in [0.2, 0.25) is 0 Å². The van der Waals surface area contributed by atoms with E-state index in [0.717, 1.165) is 0 Å². The highest BCUT2D eigenvalue weighted by atomic mass is 19.1. The number of methoxy groups -OCH3 is 1. The summed E-state index contributed by atoms with van der Waals surface area (Å²) in [5.41, 5.74) is 0.678. The number of hydrogen-bond donors (Lipinski definition) is 0. The van der Waals surface area contributed by atoms with E-state index in [2.05, 4.69) is 0 Å². The Bertz CT molecular complexity index is 497. The predicted molar refractivity (Wildman–Crippen MR) is 81.1 cm³/mol. The molecular formula is C16H22FNO3. The van der Waals surface area contributed by atoms with Gasteiger partial charge in [-0.3, -0.25) is 0 Å². The van der Waals surface area contributed by atoms with Crippen molar-refractivity contribution in [1.29, 1.82) is 0 Å². The van der Waals surface area contributed by atoms with Crippen molar-refractivity contribution >= 4 is 11.7 Å². The van der Waals surface area contributed by atoms with Crippen molar-refractivity contribution in [2.75, 3.05) is 25.2 Å². The Morgan fingerprint density at radius 3 is 2.24 bits per heavy atom. The maximum Gasteiger partial charge on any atom is 0.357 e. The molecule has 0 atom stereocenters. The smallest absolute Gasteiger partial charge is 0.357 e. The number of allylic oxidation sites excluding steroid dienone is 1. The van der Waals surface area contributed by atoms with Crippen LogP contribution in [0.5, 0.6) is 5.75 Å². The minimum absolute atomic E-state index is 0.0352. The first kappa shape index (κ1) is 17.0. The number of carbonyl (C=O) groups is 1. The lowest BCUT2D eigenvalue weighted by molar-refractivity contribution is -0.138. The van der Waals surface area contributed by atoms with Gasteiger partial charge in [0.05, 0.1) is 13.7 Å². The number of likely N-dealkylation sites (N-methyl/N-ethyl adjacent to an activating group) is 1. The monoisotopic (exact) mass is 295 g/mol. The fraction of sp³-hybridized carbons (Fsp3) is 0.438. The summed E-state index contributed by atoms with van der Waals surface area (Å²) in [6.45, 7) is 5.87. The van der Waals surface area contributed by atoms with Gasteiger partial charge in [-0.1, -0.05) is 6.92 Å². The van der Waals surface area contributed by atoms with Crippen molar-refractivity contribution in [1.82, 2.24) is 0 Å². The average Bonchev–Trinajstić information content (AvgIpc) is 2.52. The lowest BCUT2D eigenvalue weighted by atomic mass is 10.2. The van der Waals surface area contributed by atoms with Gasteiger partial charge in [0.25, 0.3) is 0 Å². The highest BCUT2D eigenvalue weighted by molar-refractivity contribution is 5.93. The topological polar surface area (TPSA) is 38.8 Å². The molecule has 0 aliphatic heterocycles. The fourth-order valence-electron chi connectivity index (χ4n) is 1.97. The average molecular weight is 295 g/mol. The van der Waals surface area contributed by atoms with Crippen LogP contribution in [0, 0.1) is 0 Å². The molecule has 1 aromatic rings. The minimum atomic E-state index is -0.644. The molecule has 0 spiro atoms. The van der Waals surface area contributed by atoms with Gasteiger partial charge >= 0.3 is 5.97 Å². The summed E-state index contributed by atoms with van der Waals surface area (Å²) in [6.07, 6.45) is 0.140. The zero-order valence-electron chi connectivity index (χ0n) is 13.0. The van der Waals surface area contributed by atoms with Crippen molar-refractivity contribution in [3.63, 3.8) is 0 Å². The van der Waals surface area contributed by atoms with Crippen LogP contribution in [0.1, 0.15) is 27.2 Å². The van der Waals surface area contributed by atoms with Crippen molar-refractivity contribution in [3.8, 4) is 5.75 Å². The number of carbonyl (C=O) groups excluding carboxylic acids is 1. The van der Waals surface area contributed by atoms with Gasteiger partial charge < -0.3 is 14.4 Å². The summed E-state index contributed by atoms with van der Waals surface area (Å²) in [5.74, 6) is -0.423. The number of halogens is 1. The van der Waals surface area contributed by atoms with E-state index in [1.165, 1.54) is 0 Å². The number of hydrogen-bond acceptors (Lipinski definition) is 4. The van der Waals surface area contributed by atoms with Crippen LogP contribution in [-0.4, -0.2) is 26.2 Å². The van der Waals surface area contributed by atoms with Crippen LogP contribution in [0.4, 0.5) is 10.1 Å². The van der Waals surface area contributed by atoms with Crippen molar-refractivity contribution in [3.05, 3.63) is 35.8 Å². The maximum absolute atomic E-state index is 14.2. The molecule has 0 radical (unpaired) electrons. The highest BCUT2D eigenvalue weighted by Gasteiger charge is 2.23. The molecule has 0 heterocycles. The molecule has 0 saturated carbocycles. The molecule has 1 rings (SSSR count). The van der Waals surface area contributed by atoms with Gasteiger partial charge in [-0.15, -0.1) is 0 Å². The number of nitrogens with zero attached hydrogens (tertiary/aromatic N) is 1. The summed E-state index contributed by atoms with van der Waals surface area (Å²) in [5, 5.41) is 0. The third-order valence-electron chi connectivity index (χ3n) is 3.01. The molecule has 0 unspecified atom stereocenters. The first-order chi connectivity index (χ1) is 10.1. The Morgan fingerprint density at radius 1 is 1.19 bits per heavy atom. The SMILES string of the molecule is CCOC(=O)/C(=C(/F)CC)N(CC)c1ccc(OC)cc1. The fourth-order valence-corrected chi connectivity index (χ4v) is 1.97. The first-order valence-corrected chi connectivity index (χ1v) is 7.06. The number of esters is 1. The molecule has 5 heteroatoms. The Morgan fingerprint density at radius 2 is 1.81 bits per heavy atom.